The SMILES string of the molecule is O=C(O)c1c(Cl)ccn(-c2ccc(F)cc2)c1=O. The Balaban J connectivity index is 2.67. The van der Waals surface area contributed by atoms with Gasteiger partial charge in [-0.3, -0.25) is 9.36 Å². The zero-order valence-corrected chi connectivity index (χ0v) is 9.69. The summed E-state index contributed by atoms with van der Waals surface area (Å²) in [6, 6.07) is 6.40. The van der Waals surface area contributed by atoms with E-state index in [9.17, 15) is 14.0 Å². The Kier molecular flexibility index (Phi) is 3.16. The molecule has 0 unspecified atom stereocenters. The second kappa shape index (κ2) is 4.62. The van der Waals surface area contributed by atoms with Crippen LogP contribution in [0.4, 0.5) is 4.39 Å². The number of pyridine rings is 1. The van der Waals surface area contributed by atoms with Crippen molar-refractivity contribution in [3.05, 3.63) is 63.3 Å². The maximum Gasteiger partial charge on any atom is 0.342 e. The average Bonchev–Trinajstić information content (AvgIpc) is 2.30. The molecule has 18 heavy (non-hydrogen) atoms. The minimum atomic E-state index is -1.40. The number of rotatable bonds is 2. The zero-order valence-electron chi connectivity index (χ0n) is 8.93. The van der Waals surface area contributed by atoms with Crippen molar-refractivity contribution in [2.75, 3.05) is 0 Å². The number of carboxylic acids is 1. The van der Waals surface area contributed by atoms with Crippen LogP contribution >= 0.6 is 11.6 Å². The van der Waals surface area contributed by atoms with E-state index in [-0.39, 0.29) is 5.02 Å². The first-order valence-corrected chi connectivity index (χ1v) is 5.29. The molecule has 0 radical (unpaired) electrons. The Morgan fingerprint density at radius 1 is 1.22 bits per heavy atom. The van der Waals surface area contributed by atoms with E-state index in [1.807, 2.05) is 0 Å². The van der Waals surface area contributed by atoms with Crippen LogP contribution in [0.25, 0.3) is 5.69 Å². The summed E-state index contributed by atoms with van der Waals surface area (Å²) in [5.41, 5.74) is -0.911. The minimum absolute atomic E-state index is 0.133. The normalized spacial score (nSPS) is 10.3. The van der Waals surface area contributed by atoms with Crippen molar-refractivity contribution in [3.8, 4) is 5.69 Å². The van der Waals surface area contributed by atoms with Crippen molar-refractivity contribution in [2.24, 2.45) is 0 Å². The van der Waals surface area contributed by atoms with Crippen LogP contribution in [0.3, 0.4) is 0 Å². The molecule has 4 nitrogen and oxygen atoms in total. The van der Waals surface area contributed by atoms with Gasteiger partial charge in [-0.05, 0) is 30.3 Å². The summed E-state index contributed by atoms with van der Waals surface area (Å²) >= 11 is 5.66. The van der Waals surface area contributed by atoms with Crippen LogP contribution in [0, 0.1) is 5.82 Å². The maximum atomic E-state index is 12.8. The van der Waals surface area contributed by atoms with E-state index >= 15 is 0 Å². The third-order valence-corrected chi connectivity index (χ3v) is 2.68. The lowest BCUT2D eigenvalue weighted by Crippen LogP contribution is -2.25. The number of halogens is 2. The molecule has 0 saturated carbocycles. The van der Waals surface area contributed by atoms with E-state index < -0.39 is 22.9 Å². The van der Waals surface area contributed by atoms with Crippen LogP contribution < -0.4 is 5.56 Å². The van der Waals surface area contributed by atoms with Gasteiger partial charge >= 0.3 is 5.97 Å². The topological polar surface area (TPSA) is 59.3 Å². The van der Waals surface area contributed by atoms with Crippen molar-refractivity contribution >= 4 is 17.6 Å². The lowest BCUT2D eigenvalue weighted by Gasteiger charge is -2.07. The van der Waals surface area contributed by atoms with Crippen LogP contribution in [0.2, 0.25) is 5.02 Å². The Hall–Kier alpha value is -2.14. The molecule has 0 spiro atoms. The lowest BCUT2D eigenvalue weighted by atomic mass is 10.2. The van der Waals surface area contributed by atoms with Gasteiger partial charge in [0, 0.05) is 11.9 Å². The van der Waals surface area contributed by atoms with E-state index in [0.29, 0.717) is 5.69 Å². The molecule has 0 aliphatic heterocycles. The molecule has 0 saturated heterocycles. The second-order valence-corrected chi connectivity index (χ2v) is 3.90. The van der Waals surface area contributed by atoms with Gasteiger partial charge in [0.25, 0.3) is 5.56 Å². The van der Waals surface area contributed by atoms with Gasteiger partial charge in [-0.25, -0.2) is 9.18 Å². The molecule has 0 aliphatic carbocycles. The third kappa shape index (κ3) is 2.12. The first-order chi connectivity index (χ1) is 8.50. The molecule has 2 rings (SSSR count). The van der Waals surface area contributed by atoms with Gasteiger partial charge in [-0.1, -0.05) is 11.6 Å². The highest BCUT2D eigenvalue weighted by Gasteiger charge is 2.16. The quantitative estimate of drug-likeness (QED) is 0.908. The predicted molar refractivity (Wildman–Crippen MR) is 64.0 cm³/mol. The Labute approximate surface area is 106 Å². The highest BCUT2D eigenvalue weighted by Crippen LogP contribution is 2.14. The largest absolute Gasteiger partial charge is 0.477 e. The van der Waals surface area contributed by atoms with Crippen molar-refractivity contribution in [1.82, 2.24) is 4.57 Å². The molecule has 2 aromatic rings. The average molecular weight is 268 g/mol. The number of hydrogen-bond donors (Lipinski definition) is 1. The molecule has 0 aliphatic rings. The molecule has 6 heteroatoms. The molecule has 0 bridgehead atoms. The number of benzene rings is 1. The van der Waals surface area contributed by atoms with Crippen molar-refractivity contribution in [3.63, 3.8) is 0 Å². The molecule has 1 N–H and O–H groups in total. The molecular formula is C12H7ClFNO3. The van der Waals surface area contributed by atoms with E-state index in [2.05, 4.69) is 0 Å². The third-order valence-electron chi connectivity index (χ3n) is 2.36. The van der Waals surface area contributed by atoms with Crippen LogP contribution in [-0.2, 0) is 0 Å². The monoisotopic (exact) mass is 267 g/mol. The number of aromatic nitrogens is 1. The van der Waals surface area contributed by atoms with Gasteiger partial charge < -0.3 is 5.11 Å². The first kappa shape index (κ1) is 12.3. The van der Waals surface area contributed by atoms with Gasteiger partial charge in [-0.2, -0.15) is 0 Å². The number of hydrogen-bond acceptors (Lipinski definition) is 2. The Morgan fingerprint density at radius 3 is 2.39 bits per heavy atom. The van der Waals surface area contributed by atoms with Crippen molar-refractivity contribution < 1.29 is 14.3 Å². The summed E-state index contributed by atoms with van der Waals surface area (Å²) in [6.45, 7) is 0. The highest BCUT2D eigenvalue weighted by molar-refractivity contribution is 6.33. The van der Waals surface area contributed by atoms with Crippen LogP contribution in [0.5, 0.6) is 0 Å². The summed E-state index contributed by atoms with van der Waals surface area (Å²) in [5, 5.41) is 8.77. The predicted octanol–water partition coefficient (Wildman–Crippen LogP) is 2.33. The van der Waals surface area contributed by atoms with Crippen LogP contribution in [-0.4, -0.2) is 15.6 Å². The standard InChI is InChI=1S/C12H7ClFNO3/c13-9-5-6-15(11(16)10(9)12(17)18)8-3-1-7(14)2-4-8/h1-6H,(H,17,18). The second-order valence-electron chi connectivity index (χ2n) is 3.50. The molecule has 92 valence electrons. The van der Waals surface area contributed by atoms with E-state index in [1.54, 1.807) is 0 Å². The molecular weight excluding hydrogens is 261 g/mol. The van der Waals surface area contributed by atoms with Gasteiger partial charge in [-0.15, -0.1) is 0 Å². The fourth-order valence-electron chi connectivity index (χ4n) is 1.51. The van der Waals surface area contributed by atoms with Crippen LogP contribution in [0.15, 0.2) is 41.3 Å². The van der Waals surface area contributed by atoms with Crippen LogP contribution in [0.1, 0.15) is 10.4 Å². The first-order valence-electron chi connectivity index (χ1n) is 4.91. The number of carbonyl (C=O) groups is 1. The summed E-state index contributed by atoms with van der Waals surface area (Å²) in [6.07, 6.45) is 1.34. The number of nitrogens with zero attached hydrogens (tertiary/aromatic N) is 1. The van der Waals surface area contributed by atoms with E-state index in [4.69, 9.17) is 16.7 Å². The minimum Gasteiger partial charge on any atom is -0.477 e. The molecule has 0 fully saturated rings. The molecule has 1 aromatic heterocycles. The van der Waals surface area contributed by atoms with E-state index in [1.165, 1.54) is 36.5 Å². The summed E-state index contributed by atoms with van der Waals surface area (Å²) in [5.74, 6) is -1.85. The molecule has 0 amide bonds. The lowest BCUT2D eigenvalue weighted by molar-refractivity contribution is 0.0695. The van der Waals surface area contributed by atoms with Crippen molar-refractivity contribution in [1.29, 1.82) is 0 Å². The van der Waals surface area contributed by atoms with Gasteiger partial charge in [0.15, 0.2) is 0 Å². The van der Waals surface area contributed by atoms with Gasteiger partial charge in [0.2, 0.25) is 0 Å². The molecule has 1 aromatic carbocycles. The number of aromatic carboxylic acids is 1. The number of carboxylic acid groups (broad SMARTS) is 1. The summed E-state index contributed by atoms with van der Waals surface area (Å²) < 4.78 is 13.9. The zero-order chi connectivity index (χ0) is 13.3. The summed E-state index contributed by atoms with van der Waals surface area (Å²) in [7, 11) is 0. The Morgan fingerprint density at radius 2 is 1.83 bits per heavy atom. The maximum absolute atomic E-state index is 12.8. The molecule has 0 atom stereocenters. The fraction of sp³-hybridized carbons (Fsp3) is 0. The van der Waals surface area contributed by atoms with Gasteiger partial charge in [0.05, 0.1) is 5.02 Å². The van der Waals surface area contributed by atoms with Gasteiger partial charge in [0.1, 0.15) is 11.4 Å². The van der Waals surface area contributed by atoms with E-state index in [0.717, 1.165) is 4.57 Å². The fourth-order valence-corrected chi connectivity index (χ4v) is 1.73. The molecule has 1 heterocycles. The summed E-state index contributed by atoms with van der Waals surface area (Å²) in [4.78, 5) is 22.8. The Bertz CT molecular complexity index is 664. The smallest absolute Gasteiger partial charge is 0.342 e. The van der Waals surface area contributed by atoms with Crippen molar-refractivity contribution in [2.45, 2.75) is 0 Å². The highest BCUT2D eigenvalue weighted by atomic mass is 35.5.